The van der Waals surface area contributed by atoms with Crippen molar-refractivity contribution in [1.29, 1.82) is 0 Å². The Morgan fingerprint density at radius 3 is 2.46 bits per heavy atom. The summed E-state index contributed by atoms with van der Waals surface area (Å²) >= 11 is 1.81. The predicted molar refractivity (Wildman–Crippen MR) is 60.4 cm³/mol. The Balaban J connectivity index is 2.60. The molecule has 0 saturated heterocycles. The molecule has 74 valence electrons. The third-order valence-corrected chi connectivity index (χ3v) is 2.91. The fourth-order valence-corrected chi connectivity index (χ4v) is 2.32. The molecule has 13 heavy (non-hydrogen) atoms. The van der Waals surface area contributed by atoms with E-state index in [0.717, 1.165) is 6.54 Å². The van der Waals surface area contributed by atoms with Crippen LogP contribution in [0.3, 0.4) is 0 Å². The van der Waals surface area contributed by atoms with E-state index in [1.165, 1.54) is 11.1 Å². The van der Waals surface area contributed by atoms with E-state index < -0.39 is 0 Å². The largest absolute Gasteiger partial charge is 0.310 e. The van der Waals surface area contributed by atoms with Crippen LogP contribution in [0.25, 0.3) is 0 Å². The Kier molecular flexibility index (Phi) is 3.94. The summed E-state index contributed by atoms with van der Waals surface area (Å²) in [5.74, 6) is 0.648. The van der Waals surface area contributed by atoms with Crippen molar-refractivity contribution in [2.24, 2.45) is 0 Å². The fourth-order valence-electron chi connectivity index (χ4n) is 1.30. The predicted octanol–water partition coefficient (Wildman–Crippen LogP) is 3.37. The highest BCUT2D eigenvalue weighted by Gasteiger charge is 2.07. The minimum atomic E-state index is 0.569. The van der Waals surface area contributed by atoms with Gasteiger partial charge in [-0.2, -0.15) is 11.3 Å². The van der Waals surface area contributed by atoms with Gasteiger partial charge in [0.25, 0.3) is 0 Å². The third-order valence-electron chi connectivity index (χ3n) is 2.10. The maximum absolute atomic E-state index is 3.45. The normalized spacial score (nSPS) is 11.5. The molecule has 0 spiro atoms. The highest BCUT2D eigenvalue weighted by atomic mass is 32.1. The zero-order valence-corrected chi connectivity index (χ0v) is 9.74. The van der Waals surface area contributed by atoms with Gasteiger partial charge >= 0.3 is 0 Å². The van der Waals surface area contributed by atoms with Crippen LogP contribution in [-0.2, 0) is 6.54 Å². The molecule has 0 unspecified atom stereocenters. The standard InChI is InChI=1S/C11H19NS/c1-8(2)11-7-13-6-10(11)5-12-9(3)4/h6-9,12H,5H2,1-4H3. The monoisotopic (exact) mass is 197 g/mol. The number of hydrogen-bond donors (Lipinski definition) is 1. The van der Waals surface area contributed by atoms with Gasteiger partial charge in [-0.15, -0.1) is 0 Å². The van der Waals surface area contributed by atoms with Crippen LogP contribution in [0.15, 0.2) is 10.8 Å². The minimum absolute atomic E-state index is 0.569. The molecule has 0 fully saturated rings. The van der Waals surface area contributed by atoms with Crippen LogP contribution in [0.4, 0.5) is 0 Å². The van der Waals surface area contributed by atoms with E-state index in [9.17, 15) is 0 Å². The van der Waals surface area contributed by atoms with Crippen molar-refractivity contribution < 1.29 is 0 Å². The molecular weight excluding hydrogens is 178 g/mol. The molecule has 0 aliphatic rings. The Hall–Kier alpha value is -0.340. The maximum Gasteiger partial charge on any atom is 0.0218 e. The topological polar surface area (TPSA) is 12.0 Å². The van der Waals surface area contributed by atoms with Gasteiger partial charge in [-0.3, -0.25) is 0 Å². The second-order valence-corrected chi connectivity index (χ2v) is 4.79. The van der Waals surface area contributed by atoms with Gasteiger partial charge in [0.1, 0.15) is 0 Å². The fraction of sp³-hybridized carbons (Fsp3) is 0.636. The molecule has 1 nitrogen and oxygen atoms in total. The Morgan fingerprint density at radius 2 is 1.92 bits per heavy atom. The summed E-state index contributed by atoms with van der Waals surface area (Å²) in [6, 6.07) is 0.569. The van der Waals surface area contributed by atoms with Gasteiger partial charge in [0.15, 0.2) is 0 Å². The molecule has 0 amide bonds. The molecule has 1 N–H and O–H groups in total. The second kappa shape index (κ2) is 4.77. The molecule has 0 bridgehead atoms. The summed E-state index contributed by atoms with van der Waals surface area (Å²) in [6.07, 6.45) is 0. The molecule has 0 aliphatic carbocycles. The lowest BCUT2D eigenvalue weighted by Crippen LogP contribution is -2.22. The van der Waals surface area contributed by atoms with Crippen LogP contribution in [0.1, 0.15) is 44.7 Å². The summed E-state index contributed by atoms with van der Waals surface area (Å²) in [6.45, 7) is 9.87. The van der Waals surface area contributed by atoms with Crippen LogP contribution in [0, 0.1) is 0 Å². The average Bonchev–Trinajstić information content (AvgIpc) is 2.47. The van der Waals surface area contributed by atoms with Crippen molar-refractivity contribution >= 4 is 11.3 Å². The molecule has 0 atom stereocenters. The molecule has 0 aliphatic heterocycles. The van der Waals surface area contributed by atoms with E-state index in [0.29, 0.717) is 12.0 Å². The molecule has 2 heteroatoms. The average molecular weight is 197 g/mol. The van der Waals surface area contributed by atoms with E-state index in [4.69, 9.17) is 0 Å². The van der Waals surface area contributed by atoms with Gasteiger partial charge in [-0.05, 0) is 27.8 Å². The first kappa shape index (κ1) is 10.7. The van der Waals surface area contributed by atoms with E-state index >= 15 is 0 Å². The molecule has 0 saturated carbocycles. The second-order valence-electron chi connectivity index (χ2n) is 4.04. The third kappa shape index (κ3) is 3.12. The number of rotatable bonds is 4. The molecule has 1 aromatic rings. The van der Waals surface area contributed by atoms with Crippen LogP contribution >= 0.6 is 11.3 Å². The first-order valence-electron chi connectivity index (χ1n) is 4.89. The van der Waals surface area contributed by atoms with Gasteiger partial charge in [-0.1, -0.05) is 27.7 Å². The zero-order valence-electron chi connectivity index (χ0n) is 8.92. The summed E-state index contributed by atoms with van der Waals surface area (Å²) in [5.41, 5.74) is 2.96. The molecular formula is C11H19NS. The van der Waals surface area contributed by atoms with E-state index in [1.54, 1.807) is 11.3 Å². The number of hydrogen-bond acceptors (Lipinski definition) is 2. The molecule has 1 rings (SSSR count). The van der Waals surface area contributed by atoms with Gasteiger partial charge in [0.2, 0.25) is 0 Å². The van der Waals surface area contributed by atoms with E-state index in [2.05, 4.69) is 43.8 Å². The number of thiophene rings is 1. The van der Waals surface area contributed by atoms with E-state index in [-0.39, 0.29) is 0 Å². The van der Waals surface area contributed by atoms with Crippen molar-refractivity contribution in [3.05, 3.63) is 21.9 Å². The van der Waals surface area contributed by atoms with Gasteiger partial charge in [0.05, 0.1) is 0 Å². The molecule has 0 aromatic carbocycles. The van der Waals surface area contributed by atoms with Crippen molar-refractivity contribution in [1.82, 2.24) is 5.32 Å². The Labute approximate surface area is 85.2 Å². The first-order valence-corrected chi connectivity index (χ1v) is 5.84. The lowest BCUT2D eigenvalue weighted by atomic mass is 10.0. The summed E-state index contributed by atoms with van der Waals surface area (Å²) < 4.78 is 0. The summed E-state index contributed by atoms with van der Waals surface area (Å²) in [7, 11) is 0. The first-order chi connectivity index (χ1) is 6.11. The van der Waals surface area contributed by atoms with Crippen molar-refractivity contribution in [2.75, 3.05) is 0 Å². The zero-order chi connectivity index (χ0) is 9.84. The van der Waals surface area contributed by atoms with Gasteiger partial charge in [-0.25, -0.2) is 0 Å². The smallest absolute Gasteiger partial charge is 0.0218 e. The Morgan fingerprint density at radius 1 is 1.23 bits per heavy atom. The van der Waals surface area contributed by atoms with E-state index in [1.807, 2.05) is 0 Å². The van der Waals surface area contributed by atoms with Gasteiger partial charge in [0, 0.05) is 12.6 Å². The highest BCUT2D eigenvalue weighted by molar-refractivity contribution is 7.08. The van der Waals surface area contributed by atoms with Crippen molar-refractivity contribution in [3.8, 4) is 0 Å². The van der Waals surface area contributed by atoms with Gasteiger partial charge < -0.3 is 5.32 Å². The molecule has 1 aromatic heterocycles. The van der Waals surface area contributed by atoms with Crippen LogP contribution in [0.5, 0.6) is 0 Å². The summed E-state index contributed by atoms with van der Waals surface area (Å²) in [4.78, 5) is 0. The minimum Gasteiger partial charge on any atom is -0.310 e. The lowest BCUT2D eigenvalue weighted by molar-refractivity contribution is 0.585. The molecule has 1 heterocycles. The lowest BCUT2D eigenvalue weighted by Gasteiger charge is -2.10. The Bertz CT molecular complexity index is 250. The highest BCUT2D eigenvalue weighted by Crippen LogP contribution is 2.23. The van der Waals surface area contributed by atoms with Crippen molar-refractivity contribution in [2.45, 2.75) is 46.2 Å². The summed E-state index contributed by atoms with van der Waals surface area (Å²) in [5, 5.41) is 7.97. The van der Waals surface area contributed by atoms with Crippen LogP contribution in [0.2, 0.25) is 0 Å². The van der Waals surface area contributed by atoms with Crippen LogP contribution < -0.4 is 5.32 Å². The number of nitrogens with one attached hydrogen (secondary N) is 1. The quantitative estimate of drug-likeness (QED) is 0.780. The maximum atomic E-state index is 3.45. The molecule has 0 radical (unpaired) electrons. The van der Waals surface area contributed by atoms with Crippen LogP contribution in [-0.4, -0.2) is 6.04 Å². The SMILES string of the molecule is CC(C)NCc1cscc1C(C)C. The van der Waals surface area contributed by atoms with Crippen molar-refractivity contribution in [3.63, 3.8) is 0 Å².